The lowest BCUT2D eigenvalue weighted by Crippen LogP contribution is -2.20. The van der Waals surface area contributed by atoms with E-state index in [0.29, 0.717) is 5.56 Å². The molecule has 0 fully saturated rings. The molecule has 7 heteroatoms. The lowest BCUT2D eigenvalue weighted by atomic mass is 10.2. The van der Waals surface area contributed by atoms with Crippen molar-refractivity contribution in [2.24, 2.45) is 0 Å². The van der Waals surface area contributed by atoms with Gasteiger partial charge in [0, 0.05) is 18.0 Å². The minimum atomic E-state index is -2.83. The third kappa shape index (κ3) is 2.82. The Kier molecular flexibility index (Phi) is 3.38. The van der Waals surface area contributed by atoms with Crippen LogP contribution in [-0.2, 0) is 6.42 Å². The fourth-order valence-corrected chi connectivity index (χ4v) is 1.22. The molecule has 2 heterocycles. The number of alkyl halides is 2. The summed E-state index contributed by atoms with van der Waals surface area (Å²) in [7, 11) is 0. The van der Waals surface area contributed by atoms with Gasteiger partial charge in [0.05, 0.1) is 6.42 Å². The highest BCUT2D eigenvalue weighted by molar-refractivity contribution is 5.51. The number of nitrogens with zero attached hydrogens (tertiary/aromatic N) is 3. The summed E-state index contributed by atoms with van der Waals surface area (Å²) < 4.78 is 28.9. The maximum atomic E-state index is 12.1. The lowest BCUT2D eigenvalue weighted by Gasteiger charge is -2.04. The Bertz CT molecular complexity index is 475. The summed E-state index contributed by atoms with van der Waals surface area (Å²) >= 11 is 0. The zero-order chi connectivity index (χ0) is 12.3. The first kappa shape index (κ1) is 11.6. The lowest BCUT2D eigenvalue weighted by molar-refractivity contribution is -0.00754. The molecule has 0 saturated carbocycles. The number of halogens is 2. The Hall–Kier alpha value is -1.89. The van der Waals surface area contributed by atoms with Crippen molar-refractivity contribution < 1.29 is 18.4 Å². The van der Waals surface area contributed by atoms with Crippen molar-refractivity contribution in [3.8, 4) is 11.4 Å². The molecule has 1 N–H and O–H groups in total. The van der Waals surface area contributed by atoms with Crippen LogP contribution in [0.1, 0.15) is 5.89 Å². The molecule has 1 unspecified atom stereocenters. The van der Waals surface area contributed by atoms with Gasteiger partial charge in [-0.15, -0.1) is 0 Å². The van der Waals surface area contributed by atoms with Gasteiger partial charge < -0.3 is 9.63 Å². The summed E-state index contributed by atoms with van der Waals surface area (Å²) in [6.45, 7) is 0. The Morgan fingerprint density at radius 3 is 2.88 bits per heavy atom. The van der Waals surface area contributed by atoms with Crippen LogP contribution < -0.4 is 0 Å². The smallest absolute Gasteiger partial charge is 0.264 e. The third-order valence-corrected chi connectivity index (χ3v) is 2.06. The van der Waals surface area contributed by atoms with Gasteiger partial charge in [0.1, 0.15) is 6.10 Å². The Balaban J connectivity index is 2.12. The zero-order valence-corrected chi connectivity index (χ0v) is 8.62. The minimum Gasteiger partial charge on any atom is -0.387 e. The first-order valence-electron chi connectivity index (χ1n) is 4.86. The summed E-state index contributed by atoms with van der Waals surface area (Å²) in [5.41, 5.74) is 0.619. The average molecular weight is 241 g/mol. The number of hydrogen-bond donors (Lipinski definition) is 1. The molecule has 5 nitrogen and oxygen atoms in total. The van der Waals surface area contributed by atoms with Crippen LogP contribution in [0, 0.1) is 0 Å². The zero-order valence-electron chi connectivity index (χ0n) is 8.62. The Morgan fingerprint density at radius 1 is 1.41 bits per heavy atom. The quantitative estimate of drug-likeness (QED) is 0.873. The summed E-state index contributed by atoms with van der Waals surface area (Å²) in [6.07, 6.45) is -1.88. The highest BCUT2D eigenvalue weighted by Gasteiger charge is 2.20. The number of hydrogen-bond acceptors (Lipinski definition) is 5. The number of pyridine rings is 1. The molecule has 2 rings (SSSR count). The van der Waals surface area contributed by atoms with Crippen LogP contribution in [0.25, 0.3) is 11.4 Å². The second-order valence-electron chi connectivity index (χ2n) is 3.36. The topological polar surface area (TPSA) is 72.0 Å². The molecule has 0 radical (unpaired) electrons. The van der Waals surface area contributed by atoms with Crippen molar-refractivity contribution in [2.75, 3.05) is 0 Å². The molecule has 0 saturated heterocycles. The second kappa shape index (κ2) is 4.96. The largest absolute Gasteiger partial charge is 0.387 e. The van der Waals surface area contributed by atoms with Gasteiger partial charge in [-0.1, -0.05) is 5.16 Å². The van der Waals surface area contributed by atoms with E-state index < -0.39 is 12.5 Å². The van der Waals surface area contributed by atoms with Crippen molar-refractivity contribution in [2.45, 2.75) is 19.0 Å². The van der Waals surface area contributed by atoms with Gasteiger partial charge in [-0.25, -0.2) is 8.78 Å². The molecular weight excluding hydrogens is 232 g/mol. The van der Waals surface area contributed by atoms with E-state index in [-0.39, 0.29) is 18.1 Å². The Morgan fingerprint density at radius 2 is 2.24 bits per heavy atom. The Labute approximate surface area is 95.1 Å². The van der Waals surface area contributed by atoms with E-state index in [2.05, 4.69) is 15.1 Å². The highest BCUT2D eigenvalue weighted by atomic mass is 19.3. The number of aromatic nitrogens is 3. The summed E-state index contributed by atoms with van der Waals surface area (Å²) in [6, 6.07) is 3.41. The number of aliphatic hydroxyl groups excluding tert-OH is 1. The summed E-state index contributed by atoms with van der Waals surface area (Å²) in [4.78, 5) is 7.76. The van der Waals surface area contributed by atoms with Crippen molar-refractivity contribution >= 4 is 0 Å². The summed E-state index contributed by atoms with van der Waals surface area (Å²) in [5, 5.41) is 12.6. The molecular formula is C10H9F2N3O2. The molecule has 0 amide bonds. The van der Waals surface area contributed by atoms with Gasteiger partial charge in [0.2, 0.25) is 11.7 Å². The molecule has 90 valence electrons. The van der Waals surface area contributed by atoms with Gasteiger partial charge in [-0.3, -0.25) is 4.98 Å². The van der Waals surface area contributed by atoms with Gasteiger partial charge >= 0.3 is 0 Å². The maximum Gasteiger partial charge on any atom is 0.264 e. The summed E-state index contributed by atoms with van der Waals surface area (Å²) in [5.74, 6) is 0.228. The monoisotopic (exact) mass is 241 g/mol. The fraction of sp³-hybridized carbons (Fsp3) is 0.300. The molecule has 0 bridgehead atoms. The van der Waals surface area contributed by atoms with Gasteiger partial charge in [-0.05, 0) is 12.1 Å². The molecule has 17 heavy (non-hydrogen) atoms. The van der Waals surface area contributed by atoms with Crippen LogP contribution in [0.3, 0.4) is 0 Å². The first-order chi connectivity index (χ1) is 8.16. The van der Waals surface area contributed by atoms with Crippen molar-refractivity contribution in [3.05, 3.63) is 30.4 Å². The first-order valence-corrected chi connectivity index (χ1v) is 4.86. The van der Waals surface area contributed by atoms with Gasteiger partial charge in [0.25, 0.3) is 6.43 Å². The average Bonchev–Trinajstić information content (AvgIpc) is 2.78. The predicted molar refractivity (Wildman–Crippen MR) is 53.2 cm³/mol. The SMILES string of the molecule is OC(Cc1nc(-c2cccnc2)no1)C(F)F. The van der Waals surface area contributed by atoms with E-state index in [1.165, 1.54) is 6.20 Å². The van der Waals surface area contributed by atoms with Crippen LogP contribution >= 0.6 is 0 Å². The molecule has 0 aromatic carbocycles. The van der Waals surface area contributed by atoms with Crippen molar-refractivity contribution in [1.29, 1.82) is 0 Å². The van der Waals surface area contributed by atoms with Gasteiger partial charge in [0.15, 0.2) is 0 Å². The molecule has 0 spiro atoms. The normalized spacial score (nSPS) is 12.9. The second-order valence-corrected chi connectivity index (χ2v) is 3.36. The van der Waals surface area contributed by atoms with E-state index in [1.54, 1.807) is 18.3 Å². The molecule has 0 aliphatic carbocycles. The van der Waals surface area contributed by atoms with E-state index >= 15 is 0 Å². The van der Waals surface area contributed by atoms with E-state index in [0.717, 1.165) is 0 Å². The highest BCUT2D eigenvalue weighted by Crippen LogP contribution is 2.15. The van der Waals surface area contributed by atoms with Crippen LogP contribution in [0.15, 0.2) is 29.0 Å². The van der Waals surface area contributed by atoms with Crippen LogP contribution in [0.4, 0.5) is 8.78 Å². The molecule has 2 aromatic rings. The van der Waals surface area contributed by atoms with Crippen molar-refractivity contribution in [1.82, 2.24) is 15.1 Å². The van der Waals surface area contributed by atoms with E-state index in [4.69, 9.17) is 9.63 Å². The number of rotatable bonds is 4. The third-order valence-electron chi connectivity index (χ3n) is 2.06. The standard InChI is InChI=1S/C10H9F2N3O2/c11-9(12)7(16)4-8-14-10(15-17-8)6-2-1-3-13-5-6/h1-3,5,7,9,16H,4H2. The van der Waals surface area contributed by atoms with Crippen LogP contribution in [0.2, 0.25) is 0 Å². The molecule has 1 atom stereocenters. The minimum absolute atomic E-state index is 0.0309. The van der Waals surface area contributed by atoms with Crippen LogP contribution in [-0.4, -0.2) is 32.8 Å². The molecule has 2 aromatic heterocycles. The van der Waals surface area contributed by atoms with E-state index in [1.807, 2.05) is 0 Å². The van der Waals surface area contributed by atoms with Crippen LogP contribution in [0.5, 0.6) is 0 Å². The fourth-order valence-electron chi connectivity index (χ4n) is 1.22. The maximum absolute atomic E-state index is 12.1. The molecule has 0 aliphatic rings. The van der Waals surface area contributed by atoms with Gasteiger partial charge in [-0.2, -0.15) is 4.98 Å². The predicted octanol–water partition coefficient (Wildman–Crippen LogP) is 1.30. The van der Waals surface area contributed by atoms with Crippen molar-refractivity contribution in [3.63, 3.8) is 0 Å². The molecule has 0 aliphatic heterocycles. The van der Waals surface area contributed by atoms with E-state index in [9.17, 15) is 8.78 Å². The number of aliphatic hydroxyl groups is 1.